The quantitative estimate of drug-likeness (QED) is 0.541. The topological polar surface area (TPSA) is 101 Å². The van der Waals surface area contributed by atoms with Gasteiger partial charge in [0.2, 0.25) is 5.82 Å². The van der Waals surface area contributed by atoms with Gasteiger partial charge in [0.25, 0.3) is 0 Å². The largest absolute Gasteiger partial charge is 0.375 e. The molecular formula is C7H10N4O3. The fraction of sp³-hybridized carbons (Fsp3) is 0.429. The van der Waals surface area contributed by atoms with E-state index < -0.39 is 16.2 Å². The molecule has 0 saturated carbocycles. The molecular weight excluding hydrogens is 188 g/mol. The summed E-state index contributed by atoms with van der Waals surface area (Å²) >= 11 is 0. The second-order valence-electron chi connectivity index (χ2n) is 2.61. The Kier molecular flexibility index (Phi) is 3.16. The Morgan fingerprint density at radius 1 is 1.71 bits per heavy atom. The molecule has 0 bridgehead atoms. The Bertz CT molecular complexity index is 387. The van der Waals surface area contributed by atoms with E-state index in [4.69, 9.17) is 0 Å². The highest BCUT2D eigenvalue weighted by molar-refractivity contribution is 5.53. The molecule has 1 aromatic rings. The summed E-state index contributed by atoms with van der Waals surface area (Å²) in [7, 11) is 0. The number of nitrogens with zero attached hydrogens (tertiary/aromatic N) is 2. The molecule has 0 fully saturated rings. The van der Waals surface area contributed by atoms with Gasteiger partial charge in [-0.1, -0.05) is 6.92 Å². The summed E-state index contributed by atoms with van der Waals surface area (Å²) in [6.45, 7) is 2.45. The van der Waals surface area contributed by atoms with Crippen LogP contribution in [0.15, 0.2) is 11.1 Å². The fourth-order valence-electron chi connectivity index (χ4n) is 0.935. The monoisotopic (exact) mass is 198 g/mol. The molecule has 0 spiro atoms. The van der Waals surface area contributed by atoms with Crippen LogP contribution in [0.25, 0.3) is 0 Å². The lowest BCUT2D eigenvalue weighted by Gasteiger charge is -2.02. The minimum atomic E-state index is -0.747. The van der Waals surface area contributed by atoms with Crippen LogP contribution < -0.4 is 10.9 Å². The first-order valence-corrected chi connectivity index (χ1v) is 4.12. The molecule has 2 N–H and O–H groups in total. The van der Waals surface area contributed by atoms with Crippen LogP contribution in [0.4, 0.5) is 11.5 Å². The molecule has 0 aliphatic heterocycles. The van der Waals surface area contributed by atoms with Gasteiger partial charge in [0.15, 0.2) is 0 Å². The number of nitro groups is 1. The highest BCUT2D eigenvalue weighted by Crippen LogP contribution is 2.14. The van der Waals surface area contributed by atoms with Gasteiger partial charge in [-0.15, -0.1) is 0 Å². The van der Waals surface area contributed by atoms with Crippen molar-refractivity contribution in [3.63, 3.8) is 0 Å². The highest BCUT2D eigenvalue weighted by Gasteiger charge is 2.19. The van der Waals surface area contributed by atoms with Crippen molar-refractivity contribution in [2.24, 2.45) is 0 Å². The smallest absolute Gasteiger partial charge is 0.364 e. The summed E-state index contributed by atoms with van der Waals surface area (Å²) in [5.74, 6) is 0.0144. The van der Waals surface area contributed by atoms with Crippen LogP contribution >= 0.6 is 0 Å². The van der Waals surface area contributed by atoms with Crippen LogP contribution in [0.1, 0.15) is 13.3 Å². The van der Waals surface area contributed by atoms with Crippen molar-refractivity contribution in [1.82, 2.24) is 9.97 Å². The Morgan fingerprint density at radius 3 is 3.00 bits per heavy atom. The number of rotatable bonds is 4. The normalized spacial score (nSPS) is 9.79. The van der Waals surface area contributed by atoms with Gasteiger partial charge >= 0.3 is 11.2 Å². The Labute approximate surface area is 79.3 Å². The number of H-pyrrole nitrogens is 1. The molecule has 0 aromatic carbocycles. The lowest BCUT2D eigenvalue weighted by atomic mass is 10.4. The minimum absolute atomic E-state index is 0.0144. The number of hydrogen-bond donors (Lipinski definition) is 2. The Balaban J connectivity index is 3.08. The van der Waals surface area contributed by atoms with E-state index in [2.05, 4.69) is 15.3 Å². The van der Waals surface area contributed by atoms with Crippen molar-refractivity contribution < 1.29 is 4.92 Å². The summed E-state index contributed by atoms with van der Waals surface area (Å²) < 4.78 is 0. The standard InChI is InChI=1S/C7H10N4O3/c1-2-3-8-6-5(11(13)14)7(12)10-4-9-6/h4H,2-3H2,1H3,(H2,8,9,10,12). The van der Waals surface area contributed by atoms with Gasteiger partial charge in [0, 0.05) is 6.54 Å². The minimum Gasteiger partial charge on any atom is -0.364 e. The molecule has 0 radical (unpaired) electrons. The summed E-state index contributed by atoms with van der Waals surface area (Å²) in [4.78, 5) is 26.7. The number of nitrogens with one attached hydrogen (secondary N) is 2. The summed E-state index contributed by atoms with van der Waals surface area (Å²) in [5.41, 5.74) is -1.29. The molecule has 0 unspecified atom stereocenters. The second kappa shape index (κ2) is 4.35. The third-order valence-corrected chi connectivity index (χ3v) is 1.55. The fourth-order valence-corrected chi connectivity index (χ4v) is 0.935. The van der Waals surface area contributed by atoms with Gasteiger partial charge in [-0.3, -0.25) is 14.9 Å². The SMILES string of the molecule is CCCNc1nc[nH]c(=O)c1[N+](=O)[O-]. The van der Waals surface area contributed by atoms with E-state index in [0.717, 1.165) is 12.7 Å². The van der Waals surface area contributed by atoms with Crippen LogP contribution in [-0.4, -0.2) is 21.4 Å². The molecule has 0 aliphatic rings. The maximum Gasteiger partial charge on any atom is 0.375 e. The molecule has 0 amide bonds. The number of aromatic amines is 1. The average Bonchev–Trinajstić information content (AvgIpc) is 2.14. The molecule has 76 valence electrons. The van der Waals surface area contributed by atoms with Crippen LogP contribution in [-0.2, 0) is 0 Å². The summed E-state index contributed by atoms with van der Waals surface area (Å²) in [6.07, 6.45) is 1.93. The van der Waals surface area contributed by atoms with Crippen molar-refractivity contribution in [1.29, 1.82) is 0 Å². The van der Waals surface area contributed by atoms with E-state index in [0.29, 0.717) is 6.54 Å². The summed E-state index contributed by atoms with van der Waals surface area (Å²) in [6, 6.07) is 0. The maximum absolute atomic E-state index is 11.1. The van der Waals surface area contributed by atoms with Crippen LogP contribution in [0, 0.1) is 10.1 Å². The molecule has 1 heterocycles. The maximum atomic E-state index is 11.1. The van der Waals surface area contributed by atoms with Gasteiger partial charge in [0.1, 0.15) is 0 Å². The van der Waals surface area contributed by atoms with Crippen molar-refractivity contribution >= 4 is 11.5 Å². The molecule has 1 rings (SSSR count). The van der Waals surface area contributed by atoms with E-state index in [-0.39, 0.29) is 5.82 Å². The molecule has 0 aliphatic carbocycles. The highest BCUT2D eigenvalue weighted by atomic mass is 16.6. The van der Waals surface area contributed by atoms with E-state index in [1.54, 1.807) is 0 Å². The van der Waals surface area contributed by atoms with E-state index in [1.165, 1.54) is 0 Å². The van der Waals surface area contributed by atoms with Crippen molar-refractivity contribution in [2.45, 2.75) is 13.3 Å². The summed E-state index contributed by atoms with van der Waals surface area (Å²) in [5, 5.41) is 13.2. The first kappa shape index (κ1) is 10.2. The molecule has 14 heavy (non-hydrogen) atoms. The van der Waals surface area contributed by atoms with Gasteiger partial charge in [-0.25, -0.2) is 4.98 Å². The third-order valence-electron chi connectivity index (χ3n) is 1.55. The lowest BCUT2D eigenvalue weighted by Crippen LogP contribution is -2.16. The van der Waals surface area contributed by atoms with E-state index in [9.17, 15) is 14.9 Å². The van der Waals surface area contributed by atoms with Crippen molar-refractivity contribution in [2.75, 3.05) is 11.9 Å². The van der Waals surface area contributed by atoms with Crippen molar-refractivity contribution in [3.05, 3.63) is 26.8 Å². The predicted octanol–water partition coefficient (Wildman–Crippen LogP) is 0.500. The Hall–Kier alpha value is -1.92. The number of anilines is 1. The van der Waals surface area contributed by atoms with Gasteiger partial charge in [-0.2, -0.15) is 0 Å². The van der Waals surface area contributed by atoms with Crippen molar-refractivity contribution in [3.8, 4) is 0 Å². The number of aromatic nitrogens is 2. The van der Waals surface area contributed by atoms with Gasteiger partial charge < -0.3 is 10.3 Å². The zero-order chi connectivity index (χ0) is 10.6. The number of hydrogen-bond acceptors (Lipinski definition) is 5. The first-order chi connectivity index (χ1) is 6.66. The molecule has 0 atom stereocenters. The van der Waals surface area contributed by atoms with E-state index >= 15 is 0 Å². The zero-order valence-electron chi connectivity index (χ0n) is 7.61. The van der Waals surface area contributed by atoms with Crippen LogP contribution in [0.5, 0.6) is 0 Å². The molecule has 7 nitrogen and oxygen atoms in total. The third kappa shape index (κ3) is 2.06. The Morgan fingerprint density at radius 2 is 2.43 bits per heavy atom. The van der Waals surface area contributed by atoms with Gasteiger partial charge in [-0.05, 0) is 6.42 Å². The predicted molar refractivity (Wildman–Crippen MR) is 50.3 cm³/mol. The van der Waals surface area contributed by atoms with Crippen LogP contribution in [0.2, 0.25) is 0 Å². The average molecular weight is 198 g/mol. The van der Waals surface area contributed by atoms with E-state index in [1.807, 2.05) is 6.92 Å². The first-order valence-electron chi connectivity index (χ1n) is 4.12. The van der Waals surface area contributed by atoms with Gasteiger partial charge in [0.05, 0.1) is 11.3 Å². The molecule has 7 heteroatoms. The molecule has 0 saturated heterocycles. The molecule has 1 aromatic heterocycles. The lowest BCUT2D eigenvalue weighted by molar-refractivity contribution is -0.385. The van der Waals surface area contributed by atoms with Crippen LogP contribution in [0.3, 0.4) is 0 Å². The zero-order valence-corrected chi connectivity index (χ0v) is 7.61. The second-order valence-corrected chi connectivity index (χ2v) is 2.61.